The molecule has 0 fully saturated rings. The number of benzene rings is 2. The predicted octanol–water partition coefficient (Wildman–Crippen LogP) is 5.17. The van der Waals surface area contributed by atoms with E-state index in [9.17, 15) is 9.59 Å². The molecule has 174 valence electrons. The number of hydrogen-bond acceptors (Lipinski definition) is 5. The van der Waals surface area contributed by atoms with E-state index in [2.05, 4.69) is 50.4 Å². The third-order valence-corrected chi connectivity index (χ3v) is 4.77. The molecule has 32 heavy (non-hydrogen) atoms. The van der Waals surface area contributed by atoms with Crippen LogP contribution in [0, 0.1) is 0 Å². The Labute approximate surface area is 191 Å². The van der Waals surface area contributed by atoms with Crippen molar-refractivity contribution in [3.8, 4) is 5.75 Å². The second-order valence-electron chi connectivity index (χ2n) is 9.81. The molecule has 0 radical (unpaired) electrons. The van der Waals surface area contributed by atoms with Gasteiger partial charge in [0.25, 0.3) is 0 Å². The van der Waals surface area contributed by atoms with Crippen molar-refractivity contribution in [1.29, 1.82) is 0 Å². The van der Waals surface area contributed by atoms with Gasteiger partial charge in [0.15, 0.2) is 0 Å². The first-order valence-corrected chi connectivity index (χ1v) is 10.8. The fourth-order valence-electron chi connectivity index (χ4n) is 3.01. The summed E-state index contributed by atoms with van der Waals surface area (Å²) in [6, 6.07) is 15.0. The maximum atomic E-state index is 12.1. The van der Waals surface area contributed by atoms with Crippen LogP contribution in [0.1, 0.15) is 58.2 Å². The molecule has 2 aromatic rings. The van der Waals surface area contributed by atoms with Gasteiger partial charge in [-0.15, -0.1) is 0 Å². The molecule has 6 nitrogen and oxygen atoms in total. The average Bonchev–Trinajstić information content (AvgIpc) is 2.70. The molecule has 2 rings (SSSR count). The van der Waals surface area contributed by atoms with Gasteiger partial charge in [0, 0.05) is 6.42 Å². The molecule has 0 spiro atoms. The molecule has 0 saturated heterocycles. The number of nitrogens with one attached hydrogen (secondary N) is 1. The van der Waals surface area contributed by atoms with E-state index in [1.165, 1.54) is 12.7 Å². The molecule has 0 heterocycles. The third kappa shape index (κ3) is 8.25. The van der Waals surface area contributed by atoms with Gasteiger partial charge in [-0.2, -0.15) is 0 Å². The summed E-state index contributed by atoms with van der Waals surface area (Å²) in [6.45, 7) is 12.3. The van der Waals surface area contributed by atoms with Crippen LogP contribution in [0.15, 0.2) is 48.5 Å². The van der Waals surface area contributed by atoms with Crippen molar-refractivity contribution in [1.82, 2.24) is 5.32 Å². The molecule has 1 atom stereocenters. The highest BCUT2D eigenvalue weighted by molar-refractivity contribution is 5.81. The molecule has 0 aliphatic rings. The Hall–Kier alpha value is -3.02. The lowest BCUT2D eigenvalue weighted by Gasteiger charge is -2.22. The lowest BCUT2D eigenvalue weighted by atomic mass is 9.87. The molecule has 0 saturated carbocycles. The third-order valence-electron chi connectivity index (χ3n) is 4.77. The van der Waals surface area contributed by atoms with Gasteiger partial charge < -0.3 is 19.5 Å². The first kappa shape index (κ1) is 25.2. The minimum Gasteiger partial charge on any atom is -0.489 e. The number of carbonyl (C=O) groups is 2. The van der Waals surface area contributed by atoms with Crippen molar-refractivity contribution in [3.05, 3.63) is 65.2 Å². The van der Waals surface area contributed by atoms with Crippen molar-refractivity contribution < 1.29 is 23.8 Å². The van der Waals surface area contributed by atoms with E-state index in [1.807, 2.05) is 24.3 Å². The highest BCUT2D eigenvalue weighted by atomic mass is 16.6. The minimum atomic E-state index is -0.844. The van der Waals surface area contributed by atoms with Gasteiger partial charge in [-0.3, -0.25) is 0 Å². The summed E-state index contributed by atoms with van der Waals surface area (Å²) in [5, 5.41) is 2.58. The summed E-state index contributed by atoms with van der Waals surface area (Å²) in [7, 11) is 1.29. The van der Waals surface area contributed by atoms with Crippen molar-refractivity contribution in [3.63, 3.8) is 0 Å². The van der Waals surface area contributed by atoms with Crippen molar-refractivity contribution in [2.75, 3.05) is 7.11 Å². The predicted molar refractivity (Wildman–Crippen MR) is 125 cm³/mol. The summed E-state index contributed by atoms with van der Waals surface area (Å²) < 4.78 is 15.9. The molecule has 1 amide bonds. The van der Waals surface area contributed by atoms with Crippen LogP contribution in [0.3, 0.4) is 0 Å². The highest BCUT2D eigenvalue weighted by Gasteiger charge is 2.25. The molecule has 6 heteroatoms. The fraction of sp³-hybridized carbons (Fsp3) is 0.462. The summed E-state index contributed by atoms with van der Waals surface area (Å²) in [5.74, 6) is 0.193. The highest BCUT2D eigenvalue weighted by Crippen LogP contribution is 2.23. The Bertz CT molecular complexity index is 890. The number of esters is 1. The van der Waals surface area contributed by atoms with Crippen LogP contribution in [0.2, 0.25) is 0 Å². The number of methoxy groups -OCH3 is 1. The van der Waals surface area contributed by atoms with Gasteiger partial charge >= 0.3 is 12.1 Å². The second-order valence-corrected chi connectivity index (χ2v) is 9.81. The van der Waals surface area contributed by atoms with Crippen LogP contribution in [-0.2, 0) is 32.7 Å². The first-order chi connectivity index (χ1) is 14.9. The van der Waals surface area contributed by atoms with Crippen LogP contribution in [0.4, 0.5) is 4.79 Å². The minimum absolute atomic E-state index is 0.121. The van der Waals surface area contributed by atoms with Gasteiger partial charge in [-0.1, -0.05) is 57.2 Å². The smallest absolute Gasteiger partial charge is 0.408 e. The Morgan fingerprint density at radius 1 is 0.875 bits per heavy atom. The van der Waals surface area contributed by atoms with Gasteiger partial charge in [0.2, 0.25) is 0 Å². The lowest BCUT2D eigenvalue weighted by Crippen LogP contribution is -2.45. The van der Waals surface area contributed by atoms with Crippen molar-refractivity contribution in [2.45, 2.75) is 71.6 Å². The Kier molecular flexibility index (Phi) is 8.31. The maximum Gasteiger partial charge on any atom is 0.408 e. The summed E-state index contributed by atoms with van der Waals surface area (Å²) in [4.78, 5) is 24.2. The van der Waals surface area contributed by atoms with Crippen LogP contribution in [0.25, 0.3) is 0 Å². The zero-order valence-corrected chi connectivity index (χ0v) is 20.2. The molecule has 0 aliphatic carbocycles. The SMILES string of the molecule is COC(=O)[C@H](Cc1ccc(OCc2ccc(C(C)(C)C)cc2)cc1)NC(=O)OC(C)(C)C. The number of ether oxygens (including phenoxy) is 3. The van der Waals surface area contributed by atoms with E-state index in [4.69, 9.17) is 14.2 Å². The summed E-state index contributed by atoms with van der Waals surface area (Å²) in [5.41, 5.74) is 2.70. The van der Waals surface area contributed by atoms with E-state index in [1.54, 1.807) is 20.8 Å². The van der Waals surface area contributed by atoms with Crippen LogP contribution in [-0.4, -0.2) is 30.8 Å². The monoisotopic (exact) mass is 441 g/mol. The Balaban J connectivity index is 1.96. The fourth-order valence-corrected chi connectivity index (χ4v) is 3.01. The molecule has 0 unspecified atom stereocenters. The first-order valence-electron chi connectivity index (χ1n) is 10.8. The van der Waals surface area contributed by atoms with Crippen LogP contribution < -0.4 is 10.1 Å². The Morgan fingerprint density at radius 3 is 1.94 bits per heavy atom. The molecule has 2 aromatic carbocycles. The van der Waals surface area contributed by atoms with E-state index < -0.39 is 23.7 Å². The van der Waals surface area contributed by atoms with Gasteiger partial charge in [-0.05, 0) is 55.0 Å². The average molecular weight is 442 g/mol. The largest absolute Gasteiger partial charge is 0.489 e. The zero-order chi connectivity index (χ0) is 23.9. The standard InChI is InChI=1S/C26H35NO5/c1-25(2,3)20-12-8-19(9-13-20)17-31-21-14-10-18(11-15-21)16-22(23(28)30-7)27-24(29)32-26(4,5)6/h8-15,22H,16-17H2,1-7H3,(H,27,29)/t22-/m0/s1. The molecule has 0 aliphatic heterocycles. The van der Waals surface area contributed by atoms with E-state index in [0.29, 0.717) is 6.61 Å². The number of rotatable bonds is 7. The lowest BCUT2D eigenvalue weighted by molar-refractivity contribution is -0.143. The van der Waals surface area contributed by atoms with Gasteiger partial charge in [0.05, 0.1) is 7.11 Å². The number of amides is 1. The van der Waals surface area contributed by atoms with E-state index in [-0.39, 0.29) is 11.8 Å². The van der Waals surface area contributed by atoms with Gasteiger partial charge in [-0.25, -0.2) is 9.59 Å². The summed E-state index contributed by atoms with van der Waals surface area (Å²) >= 11 is 0. The summed E-state index contributed by atoms with van der Waals surface area (Å²) in [6.07, 6.45) is -0.383. The Morgan fingerprint density at radius 2 is 1.44 bits per heavy atom. The number of alkyl carbamates (subject to hydrolysis) is 1. The number of hydrogen-bond donors (Lipinski definition) is 1. The topological polar surface area (TPSA) is 73.9 Å². The quantitative estimate of drug-likeness (QED) is 0.600. The molecular weight excluding hydrogens is 406 g/mol. The second kappa shape index (κ2) is 10.5. The molecule has 1 N–H and O–H groups in total. The zero-order valence-electron chi connectivity index (χ0n) is 20.2. The van der Waals surface area contributed by atoms with E-state index in [0.717, 1.165) is 16.9 Å². The van der Waals surface area contributed by atoms with Crippen LogP contribution in [0.5, 0.6) is 5.75 Å². The molecule has 0 bridgehead atoms. The molecule has 0 aromatic heterocycles. The van der Waals surface area contributed by atoms with E-state index >= 15 is 0 Å². The maximum absolute atomic E-state index is 12.1. The number of carbonyl (C=O) groups excluding carboxylic acids is 2. The van der Waals surface area contributed by atoms with Crippen LogP contribution >= 0.6 is 0 Å². The van der Waals surface area contributed by atoms with Crippen molar-refractivity contribution >= 4 is 12.1 Å². The molecular formula is C26H35NO5. The normalized spacial score (nSPS) is 12.6. The van der Waals surface area contributed by atoms with Gasteiger partial charge in [0.1, 0.15) is 24.0 Å². The van der Waals surface area contributed by atoms with Crippen molar-refractivity contribution in [2.24, 2.45) is 0 Å².